The molecule has 2 aliphatic rings. The van der Waals surface area contributed by atoms with Crippen LogP contribution in [0.3, 0.4) is 0 Å². The summed E-state index contributed by atoms with van der Waals surface area (Å²) < 4.78 is 0. The summed E-state index contributed by atoms with van der Waals surface area (Å²) in [5.41, 5.74) is 2.60. The van der Waals surface area contributed by atoms with Crippen molar-refractivity contribution in [2.45, 2.75) is 43.7 Å². The number of rotatable bonds is 4. The molecule has 0 aromatic heterocycles. The molecule has 3 rings (SSSR count). The molecule has 82 valence electrons. The number of hydrogen-bond donors (Lipinski definition) is 1. The van der Waals surface area contributed by atoms with Gasteiger partial charge in [-0.25, -0.2) is 0 Å². The summed E-state index contributed by atoms with van der Waals surface area (Å²) in [5.74, 6) is 0.716. The second-order valence-electron chi connectivity index (χ2n) is 4.91. The van der Waals surface area contributed by atoms with Crippen molar-refractivity contribution in [1.29, 1.82) is 5.26 Å². The first-order valence-electron chi connectivity index (χ1n) is 6.13. The molecule has 0 bridgehead atoms. The number of nitriles is 1. The second kappa shape index (κ2) is 3.92. The monoisotopic (exact) mass is 212 g/mol. The summed E-state index contributed by atoms with van der Waals surface area (Å²) in [5, 5.41) is 12.7. The summed E-state index contributed by atoms with van der Waals surface area (Å²) in [6.45, 7) is 0. The van der Waals surface area contributed by atoms with Crippen LogP contribution >= 0.6 is 0 Å². The van der Waals surface area contributed by atoms with Gasteiger partial charge in [-0.3, -0.25) is 5.32 Å². The van der Waals surface area contributed by atoms with Gasteiger partial charge in [0.05, 0.1) is 6.07 Å². The molecule has 0 saturated heterocycles. The summed E-state index contributed by atoms with van der Waals surface area (Å²) in [4.78, 5) is 0. The average molecular weight is 212 g/mol. The molecule has 0 amide bonds. The minimum absolute atomic E-state index is 0.107. The molecule has 0 aliphatic heterocycles. The largest absolute Gasteiger partial charge is 0.295 e. The highest BCUT2D eigenvalue weighted by Gasteiger charge is 2.30. The number of nitrogens with one attached hydrogen (secondary N) is 1. The van der Waals surface area contributed by atoms with Crippen molar-refractivity contribution in [2.75, 3.05) is 0 Å². The molecule has 1 N–H and O–H groups in total. The lowest BCUT2D eigenvalue weighted by Crippen LogP contribution is -2.22. The van der Waals surface area contributed by atoms with Gasteiger partial charge in [0.25, 0.3) is 0 Å². The van der Waals surface area contributed by atoms with Crippen LogP contribution in [0.4, 0.5) is 0 Å². The zero-order valence-electron chi connectivity index (χ0n) is 9.32. The number of benzene rings is 1. The van der Waals surface area contributed by atoms with E-state index in [9.17, 15) is 5.26 Å². The SMILES string of the molecule is N#CC(NC1CC1)c1ccccc1C1CC1. The zero-order valence-corrected chi connectivity index (χ0v) is 9.32. The molecule has 0 radical (unpaired) electrons. The summed E-state index contributed by atoms with van der Waals surface area (Å²) in [7, 11) is 0. The summed E-state index contributed by atoms with van der Waals surface area (Å²) in [6, 6.07) is 11.3. The fraction of sp³-hybridized carbons (Fsp3) is 0.500. The Morgan fingerprint density at radius 2 is 1.94 bits per heavy atom. The topological polar surface area (TPSA) is 35.8 Å². The van der Waals surface area contributed by atoms with Crippen LogP contribution in [0.2, 0.25) is 0 Å². The van der Waals surface area contributed by atoms with Crippen molar-refractivity contribution < 1.29 is 0 Å². The third-order valence-corrected chi connectivity index (χ3v) is 3.43. The Balaban J connectivity index is 1.87. The quantitative estimate of drug-likeness (QED) is 0.833. The predicted octanol–water partition coefficient (Wildman–Crippen LogP) is 2.88. The Morgan fingerprint density at radius 3 is 2.56 bits per heavy atom. The molecule has 1 unspecified atom stereocenters. The molecule has 2 saturated carbocycles. The van der Waals surface area contributed by atoms with E-state index in [4.69, 9.17) is 0 Å². The van der Waals surface area contributed by atoms with E-state index in [0.717, 1.165) is 0 Å². The van der Waals surface area contributed by atoms with Gasteiger partial charge in [0.2, 0.25) is 0 Å². The van der Waals surface area contributed by atoms with Crippen molar-refractivity contribution in [3.63, 3.8) is 0 Å². The maximum Gasteiger partial charge on any atom is 0.121 e. The lowest BCUT2D eigenvalue weighted by Gasteiger charge is -2.15. The molecule has 2 nitrogen and oxygen atoms in total. The van der Waals surface area contributed by atoms with Crippen molar-refractivity contribution in [2.24, 2.45) is 0 Å². The molecule has 1 atom stereocenters. The van der Waals surface area contributed by atoms with Crippen LogP contribution in [0.1, 0.15) is 48.8 Å². The van der Waals surface area contributed by atoms with E-state index < -0.39 is 0 Å². The fourth-order valence-corrected chi connectivity index (χ4v) is 2.22. The van der Waals surface area contributed by atoms with Crippen molar-refractivity contribution in [3.05, 3.63) is 35.4 Å². The highest BCUT2D eigenvalue weighted by atomic mass is 15.0. The maximum absolute atomic E-state index is 9.27. The van der Waals surface area contributed by atoms with Gasteiger partial charge in [0, 0.05) is 6.04 Å². The highest BCUT2D eigenvalue weighted by molar-refractivity contribution is 5.38. The van der Waals surface area contributed by atoms with E-state index in [2.05, 4.69) is 29.6 Å². The number of hydrogen-bond acceptors (Lipinski definition) is 2. The Morgan fingerprint density at radius 1 is 1.19 bits per heavy atom. The zero-order chi connectivity index (χ0) is 11.0. The van der Waals surface area contributed by atoms with Gasteiger partial charge in [0.15, 0.2) is 0 Å². The van der Waals surface area contributed by atoms with E-state index >= 15 is 0 Å². The molecule has 1 aromatic carbocycles. The van der Waals surface area contributed by atoms with E-state index in [-0.39, 0.29) is 6.04 Å². The minimum atomic E-state index is -0.107. The van der Waals surface area contributed by atoms with Crippen molar-refractivity contribution >= 4 is 0 Å². The molecular weight excluding hydrogens is 196 g/mol. The Bertz CT molecular complexity index is 425. The van der Waals surface area contributed by atoms with Gasteiger partial charge in [-0.1, -0.05) is 24.3 Å². The molecule has 2 heteroatoms. The van der Waals surface area contributed by atoms with Gasteiger partial charge >= 0.3 is 0 Å². The fourth-order valence-electron chi connectivity index (χ4n) is 2.22. The molecule has 0 spiro atoms. The third kappa shape index (κ3) is 1.96. The van der Waals surface area contributed by atoms with Crippen LogP contribution in [0.25, 0.3) is 0 Å². The molecule has 2 aliphatic carbocycles. The second-order valence-corrected chi connectivity index (χ2v) is 4.91. The van der Waals surface area contributed by atoms with Crippen LogP contribution < -0.4 is 5.32 Å². The average Bonchev–Trinajstić information content (AvgIpc) is 3.18. The van der Waals surface area contributed by atoms with Crippen LogP contribution in [0.5, 0.6) is 0 Å². The maximum atomic E-state index is 9.27. The van der Waals surface area contributed by atoms with Gasteiger partial charge in [0.1, 0.15) is 6.04 Å². The molecule has 0 heterocycles. The van der Waals surface area contributed by atoms with E-state index in [1.54, 1.807) is 0 Å². The summed E-state index contributed by atoms with van der Waals surface area (Å²) >= 11 is 0. The van der Waals surface area contributed by atoms with Crippen LogP contribution in [0, 0.1) is 11.3 Å². The van der Waals surface area contributed by atoms with Crippen molar-refractivity contribution in [1.82, 2.24) is 5.32 Å². The first-order chi connectivity index (χ1) is 7.88. The first-order valence-corrected chi connectivity index (χ1v) is 6.13. The van der Waals surface area contributed by atoms with Gasteiger partial charge in [-0.15, -0.1) is 0 Å². The van der Waals surface area contributed by atoms with Gasteiger partial charge in [-0.2, -0.15) is 5.26 Å². The van der Waals surface area contributed by atoms with E-state index in [1.807, 2.05) is 6.07 Å². The van der Waals surface area contributed by atoms with Crippen LogP contribution in [0.15, 0.2) is 24.3 Å². The van der Waals surface area contributed by atoms with E-state index in [1.165, 1.54) is 36.8 Å². The molecule has 1 aromatic rings. The number of nitrogens with zero attached hydrogens (tertiary/aromatic N) is 1. The molecule has 2 fully saturated rings. The van der Waals surface area contributed by atoms with Crippen LogP contribution in [-0.4, -0.2) is 6.04 Å². The normalized spacial score (nSPS) is 21.4. The van der Waals surface area contributed by atoms with Crippen LogP contribution in [-0.2, 0) is 0 Å². The first kappa shape index (κ1) is 9.86. The molecule has 16 heavy (non-hydrogen) atoms. The Kier molecular flexibility index (Phi) is 2.41. The highest BCUT2D eigenvalue weighted by Crippen LogP contribution is 2.43. The van der Waals surface area contributed by atoms with Crippen molar-refractivity contribution in [3.8, 4) is 6.07 Å². The standard InChI is InChI=1S/C14H16N2/c15-9-14(16-11-7-8-11)13-4-2-1-3-12(13)10-5-6-10/h1-4,10-11,14,16H,5-8H2. The lowest BCUT2D eigenvalue weighted by molar-refractivity contribution is 0.621. The Labute approximate surface area is 96.3 Å². The lowest BCUT2D eigenvalue weighted by atomic mass is 9.98. The predicted molar refractivity (Wildman–Crippen MR) is 62.9 cm³/mol. The Hall–Kier alpha value is -1.33. The third-order valence-electron chi connectivity index (χ3n) is 3.43. The minimum Gasteiger partial charge on any atom is -0.295 e. The van der Waals surface area contributed by atoms with Gasteiger partial charge < -0.3 is 0 Å². The van der Waals surface area contributed by atoms with E-state index in [0.29, 0.717) is 12.0 Å². The van der Waals surface area contributed by atoms with Gasteiger partial charge in [-0.05, 0) is 42.7 Å². The summed E-state index contributed by atoms with van der Waals surface area (Å²) in [6.07, 6.45) is 5.03. The molecular formula is C14H16N2. The smallest absolute Gasteiger partial charge is 0.121 e.